The van der Waals surface area contributed by atoms with Crippen molar-refractivity contribution < 1.29 is 24.2 Å². The summed E-state index contributed by atoms with van der Waals surface area (Å²) < 4.78 is 11.1. The van der Waals surface area contributed by atoms with E-state index in [1.54, 1.807) is 0 Å². The molecule has 0 aromatic rings. The van der Waals surface area contributed by atoms with Crippen LogP contribution in [0.15, 0.2) is 0 Å². The lowest BCUT2D eigenvalue weighted by molar-refractivity contribution is -0.188. The van der Waals surface area contributed by atoms with Gasteiger partial charge in [0.05, 0.1) is 13.2 Å². The van der Waals surface area contributed by atoms with Crippen LogP contribution in [0.25, 0.3) is 0 Å². The van der Waals surface area contributed by atoms with Gasteiger partial charge in [0.1, 0.15) is 12.2 Å². The van der Waals surface area contributed by atoms with Gasteiger partial charge >= 0.3 is 5.97 Å². The number of aliphatic carboxylic acids is 1. The fourth-order valence-electron chi connectivity index (χ4n) is 2.52. The van der Waals surface area contributed by atoms with E-state index in [1.807, 2.05) is 0 Å². The molecule has 0 aromatic heterocycles. The number of rotatable bonds is 3. The van der Waals surface area contributed by atoms with Gasteiger partial charge < -0.3 is 14.6 Å². The number of carboxylic acid groups (broad SMARTS) is 1. The molecule has 0 bridgehead atoms. The van der Waals surface area contributed by atoms with Crippen molar-refractivity contribution in [1.29, 1.82) is 0 Å². The number of hydrogen-bond donors (Lipinski definition) is 1. The number of ketones is 1. The van der Waals surface area contributed by atoms with Crippen molar-refractivity contribution in [3.8, 4) is 0 Å². The standard InChI is InChI=1S/C11H16O5/c12-9(6-10(13)14)8-2-1-3-11(7-8)15-4-5-16-11/h8H,1-7H2,(H,13,14). The van der Waals surface area contributed by atoms with Crippen LogP contribution < -0.4 is 0 Å². The van der Waals surface area contributed by atoms with Crippen molar-refractivity contribution in [2.75, 3.05) is 13.2 Å². The molecule has 1 atom stereocenters. The summed E-state index contributed by atoms with van der Waals surface area (Å²) in [5.74, 6) is -2.08. The van der Waals surface area contributed by atoms with Crippen LogP contribution in [0.1, 0.15) is 32.1 Å². The molecular weight excluding hydrogens is 212 g/mol. The number of Topliss-reactive ketones (excluding diaryl/α,β-unsaturated/α-hetero) is 1. The number of ether oxygens (including phenoxy) is 2. The molecule has 1 saturated heterocycles. The third-order valence-corrected chi connectivity index (χ3v) is 3.26. The summed E-state index contributed by atoms with van der Waals surface area (Å²) >= 11 is 0. The highest BCUT2D eigenvalue weighted by Gasteiger charge is 2.43. The second-order valence-corrected chi connectivity index (χ2v) is 4.44. The minimum Gasteiger partial charge on any atom is -0.481 e. The quantitative estimate of drug-likeness (QED) is 0.728. The summed E-state index contributed by atoms with van der Waals surface area (Å²) in [5, 5.41) is 8.59. The van der Waals surface area contributed by atoms with Gasteiger partial charge in [-0.05, 0) is 12.8 Å². The van der Waals surface area contributed by atoms with Crippen LogP contribution in [0.2, 0.25) is 0 Å². The normalized spacial score (nSPS) is 28.1. The first-order valence-electron chi connectivity index (χ1n) is 5.64. The van der Waals surface area contributed by atoms with E-state index in [4.69, 9.17) is 14.6 Å². The van der Waals surface area contributed by atoms with Crippen molar-refractivity contribution in [3.05, 3.63) is 0 Å². The second-order valence-electron chi connectivity index (χ2n) is 4.44. The van der Waals surface area contributed by atoms with Gasteiger partial charge in [0.2, 0.25) is 0 Å². The van der Waals surface area contributed by atoms with E-state index in [9.17, 15) is 9.59 Å². The van der Waals surface area contributed by atoms with Crippen molar-refractivity contribution in [3.63, 3.8) is 0 Å². The molecule has 90 valence electrons. The SMILES string of the molecule is O=C(O)CC(=O)C1CCCC2(C1)OCCO2. The smallest absolute Gasteiger partial charge is 0.310 e. The van der Waals surface area contributed by atoms with Crippen LogP contribution in [0, 0.1) is 5.92 Å². The lowest BCUT2D eigenvalue weighted by Crippen LogP contribution is -2.39. The molecule has 1 N–H and O–H groups in total. The zero-order valence-corrected chi connectivity index (χ0v) is 9.11. The molecule has 0 radical (unpaired) electrons. The molecule has 2 fully saturated rings. The Labute approximate surface area is 93.7 Å². The zero-order chi connectivity index (χ0) is 11.6. The fraction of sp³-hybridized carbons (Fsp3) is 0.818. The summed E-state index contributed by atoms with van der Waals surface area (Å²) in [6.07, 6.45) is 2.54. The van der Waals surface area contributed by atoms with E-state index in [0.717, 1.165) is 19.3 Å². The average Bonchev–Trinajstić information content (AvgIpc) is 2.65. The molecule has 1 heterocycles. The van der Waals surface area contributed by atoms with Crippen molar-refractivity contribution in [2.24, 2.45) is 5.92 Å². The maximum Gasteiger partial charge on any atom is 0.310 e. The summed E-state index contributed by atoms with van der Waals surface area (Å²) in [7, 11) is 0. The molecule has 1 aliphatic heterocycles. The number of hydrogen-bond acceptors (Lipinski definition) is 4. The monoisotopic (exact) mass is 228 g/mol. The third kappa shape index (κ3) is 2.41. The van der Waals surface area contributed by atoms with E-state index < -0.39 is 11.8 Å². The van der Waals surface area contributed by atoms with Gasteiger partial charge in [-0.2, -0.15) is 0 Å². The Balaban J connectivity index is 1.96. The molecule has 5 heteroatoms. The fourth-order valence-corrected chi connectivity index (χ4v) is 2.52. The molecule has 16 heavy (non-hydrogen) atoms. The Bertz CT molecular complexity index is 293. The van der Waals surface area contributed by atoms with Crippen LogP contribution in [0.3, 0.4) is 0 Å². The van der Waals surface area contributed by atoms with Gasteiger partial charge in [-0.3, -0.25) is 9.59 Å². The highest BCUT2D eigenvalue weighted by atomic mass is 16.7. The van der Waals surface area contributed by atoms with Crippen LogP contribution in [-0.2, 0) is 19.1 Å². The summed E-state index contributed by atoms with van der Waals surface area (Å²) in [5.41, 5.74) is 0. The molecule has 0 aromatic carbocycles. The minimum atomic E-state index is -1.06. The molecule has 1 aliphatic carbocycles. The van der Waals surface area contributed by atoms with Gasteiger partial charge in [0.15, 0.2) is 5.79 Å². The first-order valence-corrected chi connectivity index (χ1v) is 5.64. The summed E-state index contributed by atoms with van der Waals surface area (Å²) in [6, 6.07) is 0. The van der Waals surface area contributed by atoms with Crippen molar-refractivity contribution in [2.45, 2.75) is 37.9 Å². The average molecular weight is 228 g/mol. The maximum atomic E-state index is 11.7. The number of carbonyl (C=O) groups is 2. The molecule has 2 aliphatic rings. The van der Waals surface area contributed by atoms with Crippen LogP contribution in [0.4, 0.5) is 0 Å². The van der Waals surface area contributed by atoms with Crippen LogP contribution >= 0.6 is 0 Å². The lowest BCUT2D eigenvalue weighted by Gasteiger charge is -2.35. The summed E-state index contributed by atoms with van der Waals surface area (Å²) in [4.78, 5) is 22.1. The van der Waals surface area contributed by atoms with Crippen molar-refractivity contribution >= 4 is 11.8 Å². The minimum absolute atomic E-state index is 0.203. The topological polar surface area (TPSA) is 72.8 Å². The Hall–Kier alpha value is -0.940. The predicted octanol–water partition coefficient (Wildman–Crippen LogP) is 0.964. The molecule has 0 amide bonds. The highest BCUT2D eigenvalue weighted by molar-refractivity contribution is 5.96. The van der Waals surface area contributed by atoms with E-state index in [2.05, 4.69) is 0 Å². The van der Waals surface area contributed by atoms with Gasteiger partial charge in [0.25, 0.3) is 0 Å². The van der Waals surface area contributed by atoms with Gasteiger partial charge in [0, 0.05) is 18.8 Å². The maximum absolute atomic E-state index is 11.7. The van der Waals surface area contributed by atoms with Crippen LogP contribution in [0.5, 0.6) is 0 Å². The second kappa shape index (κ2) is 4.51. The molecule has 1 spiro atoms. The Morgan fingerprint density at radius 1 is 1.31 bits per heavy atom. The van der Waals surface area contributed by atoms with E-state index in [1.165, 1.54) is 0 Å². The number of carbonyl (C=O) groups excluding carboxylic acids is 1. The molecule has 5 nitrogen and oxygen atoms in total. The third-order valence-electron chi connectivity index (χ3n) is 3.26. The molecule has 1 saturated carbocycles. The van der Waals surface area contributed by atoms with Crippen molar-refractivity contribution in [1.82, 2.24) is 0 Å². The zero-order valence-electron chi connectivity index (χ0n) is 9.11. The summed E-state index contributed by atoms with van der Waals surface area (Å²) in [6.45, 7) is 1.14. The molecular formula is C11H16O5. The molecule has 2 rings (SSSR count). The Morgan fingerprint density at radius 2 is 2.00 bits per heavy atom. The highest BCUT2D eigenvalue weighted by Crippen LogP contribution is 2.39. The van der Waals surface area contributed by atoms with Gasteiger partial charge in [-0.1, -0.05) is 0 Å². The lowest BCUT2D eigenvalue weighted by atomic mass is 9.81. The van der Waals surface area contributed by atoms with Crippen LogP contribution in [-0.4, -0.2) is 35.9 Å². The van der Waals surface area contributed by atoms with E-state index in [0.29, 0.717) is 19.6 Å². The first kappa shape index (κ1) is 11.5. The van der Waals surface area contributed by atoms with Gasteiger partial charge in [-0.25, -0.2) is 0 Å². The first-order chi connectivity index (χ1) is 7.61. The Kier molecular flexibility index (Phi) is 3.25. The largest absolute Gasteiger partial charge is 0.481 e. The molecule has 1 unspecified atom stereocenters. The Morgan fingerprint density at radius 3 is 2.62 bits per heavy atom. The predicted molar refractivity (Wildman–Crippen MR) is 53.9 cm³/mol. The van der Waals surface area contributed by atoms with E-state index >= 15 is 0 Å². The van der Waals surface area contributed by atoms with Gasteiger partial charge in [-0.15, -0.1) is 0 Å². The number of carboxylic acids is 1. The van der Waals surface area contributed by atoms with E-state index in [-0.39, 0.29) is 18.1 Å².